The first-order valence-corrected chi connectivity index (χ1v) is 10.7. The van der Waals surface area contributed by atoms with E-state index in [1.165, 1.54) is 23.5 Å². The lowest BCUT2D eigenvalue weighted by molar-refractivity contribution is -0.127. The van der Waals surface area contributed by atoms with Gasteiger partial charge >= 0.3 is 0 Å². The molecule has 4 rings (SSSR count). The number of benzene rings is 2. The molecule has 6 nitrogen and oxygen atoms in total. The summed E-state index contributed by atoms with van der Waals surface area (Å²) in [5.41, 5.74) is 1.55. The first kappa shape index (κ1) is 20.9. The molecular formula is C23H22FN3O3S. The van der Waals surface area contributed by atoms with Crippen molar-refractivity contribution in [2.24, 2.45) is 0 Å². The van der Waals surface area contributed by atoms with Crippen LogP contribution in [0.2, 0.25) is 0 Å². The van der Waals surface area contributed by atoms with Crippen LogP contribution >= 0.6 is 11.3 Å². The van der Waals surface area contributed by atoms with Crippen molar-refractivity contribution >= 4 is 28.8 Å². The number of hydrogen-bond acceptors (Lipinski definition) is 5. The van der Waals surface area contributed by atoms with E-state index < -0.39 is 6.10 Å². The van der Waals surface area contributed by atoms with Crippen molar-refractivity contribution in [3.8, 4) is 5.75 Å². The number of nitrogens with one attached hydrogen (secondary N) is 2. The van der Waals surface area contributed by atoms with Crippen molar-refractivity contribution in [1.29, 1.82) is 0 Å². The van der Waals surface area contributed by atoms with Crippen LogP contribution in [-0.4, -0.2) is 38.1 Å². The summed E-state index contributed by atoms with van der Waals surface area (Å²) in [6, 6.07) is 16.9. The van der Waals surface area contributed by atoms with Crippen molar-refractivity contribution in [3.05, 3.63) is 82.3 Å². The number of thiophene rings is 1. The minimum absolute atomic E-state index is 0.0525. The smallest absolute Gasteiger partial charge is 0.262 e. The number of fused-ring (bicyclic) bond motifs is 1. The number of hydrogen-bond donors (Lipinski definition) is 2. The SMILES string of the molecule is CNC(=O)C1CN(CC(=O)NC(c2ccc(F)cc2)c2cccs2)c2ccccc2O1. The zero-order valence-electron chi connectivity index (χ0n) is 16.9. The van der Waals surface area contributed by atoms with Crippen LogP contribution in [0, 0.1) is 5.82 Å². The number of anilines is 1. The zero-order valence-corrected chi connectivity index (χ0v) is 17.7. The molecule has 0 fully saturated rings. The molecule has 1 aromatic heterocycles. The molecule has 3 aromatic rings. The molecule has 0 radical (unpaired) electrons. The maximum Gasteiger partial charge on any atom is 0.262 e. The fraction of sp³-hybridized carbons (Fsp3) is 0.217. The monoisotopic (exact) mass is 439 g/mol. The van der Waals surface area contributed by atoms with E-state index in [-0.39, 0.29) is 36.8 Å². The molecule has 0 aliphatic carbocycles. The number of para-hydroxylation sites is 2. The van der Waals surface area contributed by atoms with Gasteiger partial charge in [-0.3, -0.25) is 9.59 Å². The number of nitrogens with zero attached hydrogens (tertiary/aromatic N) is 1. The summed E-state index contributed by atoms with van der Waals surface area (Å²) in [5, 5.41) is 7.59. The number of carbonyl (C=O) groups excluding carboxylic acids is 2. The van der Waals surface area contributed by atoms with E-state index in [0.717, 1.165) is 16.1 Å². The molecule has 0 saturated carbocycles. The van der Waals surface area contributed by atoms with Crippen molar-refractivity contribution in [3.63, 3.8) is 0 Å². The molecular weight excluding hydrogens is 417 g/mol. The van der Waals surface area contributed by atoms with Gasteiger partial charge in [0.1, 0.15) is 11.6 Å². The van der Waals surface area contributed by atoms with E-state index in [1.54, 1.807) is 25.2 Å². The third kappa shape index (κ3) is 4.69. The highest BCUT2D eigenvalue weighted by Crippen LogP contribution is 2.33. The number of carbonyl (C=O) groups is 2. The number of likely N-dealkylation sites (N-methyl/N-ethyl adjacent to an activating group) is 1. The quantitative estimate of drug-likeness (QED) is 0.619. The molecule has 2 heterocycles. The second kappa shape index (κ2) is 9.18. The molecule has 31 heavy (non-hydrogen) atoms. The Morgan fingerprint density at radius 3 is 2.65 bits per heavy atom. The normalized spacial score (nSPS) is 16.1. The van der Waals surface area contributed by atoms with Gasteiger partial charge in [0.25, 0.3) is 5.91 Å². The summed E-state index contributed by atoms with van der Waals surface area (Å²) in [7, 11) is 1.55. The molecule has 1 aliphatic rings. The number of halogens is 1. The highest BCUT2D eigenvalue weighted by atomic mass is 32.1. The topological polar surface area (TPSA) is 70.7 Å². The van der Waals surface area contributed by atoms with Gasteiger partial charge in [0, 0.05) is 11.9 Å². The lowest BCUT2D eigenvalue weighted by Crippen LogP contribution is -2.50. The fourth-order valence-corrected chi connectivity index (χ4v) is 4.37. The maximum absolute atomic E-state index is 13.4. The Kier molecular flexibility index (Phi) is 6.18. The molecule has 0 spiro atoms. The van der Waals surface area contributed by atoms with Crippen LogP contribution in [0.1, 0.15) is 16.5 Å². The van der Waals surface area contributed by atoms with Gasteiger partial charge < -0.3 is 20.3 Å². The average molecular weight is 440 g/mol. The predicted octanol–water partition coefficient (Wildman–Crippen LogP) is 3.11. The fourth-order valence-electron chi connectivity index (χ4n) is 3.56. The lowest BCUT2D eigenvalue weighted by atomic mass is 10.1. The largest absolute Gasteiger partial charge is 0.477 e. The summed E-state index contributed by atoms with van der Waals surface area (Å²) in [4.78, 5) is 28.0. The maximum atomic E-state index is 13.4. The Balaban J connectivity index is 1.54. The Bertz CT molecular complexity index is 1060. The molecule has 2 aromatic carbocycles. The van der Waals surface area contributed by atoms with Gasteiger partial charge in [-0.2, -0.15) is 0 Å². The number of ether oxygens (including phenoxy) is 1. The van der Waals surface area contributed by atoms with Gasteiger partial charge in [-0.15, -0.1) is 11.3 Å². The first-order chi connectivity index (χ1) is 15.0. The van der Waals surface area contributed by atoms with Gasteiger partial charge in [0.15, 0.2) is 6.10 Å². The lowest BCUT2D eigenvalue weighted by Gasteiger charge is -2.35. The third-order valence-corrected chi connectivity index (χ3v) is 6.01. The summed E-state index contributed by atoms with van der Waals surface area (Å²) >= 11 is 1.52. The van der Waals surface area contributed by atoms with E-state index in [1.807, 2.05) is 40.6 Å². The molecule has 8 heteroatoms. The molecule has 1 aliphatic heterocycles. The summed E-state index contributed by atoms with van der Waals surface area (Å²) < 4.78 is 19.2. The van der Waals surface area contributed by atoms with Crippen molar-refractivity contribution in [2.45, 2.75) is 12.1 Å². The van der Waals surface area contributed by atoms with Crippen LogP contribution < -0.4 is 20.3 Å². The summed E-state index contributed by atoms with van der Waals surface area (Å²) in [5.74, 6) is -0.230. The molecule has 2 N–H and O–H groups in total. The van der Waals surface area contributed by atoms with Crippen molar-refractivity contribution < 1.29 is 18.7 Å². The standard InChI is InChI=1S/C23H22FN3O3S/c1-25-23(29)19-13-27(17-5-2-3-6-18(17)30-19)14-21(28)26-22(20-7-4-12-31-20)15-8-10-16(24)11-9-15/h2-12,19,22H,13-14H2,1H3,(H,25,29)(H,26,28). The first-order valence-electron chi connectivity index (χ1n) is 9.85. The van der Waals surface area contributed by atoms with Gasteiger partial charge in [-0.25, -0.2) is 4.39 Å². The van der Waals surface area contributed by atoms with Gasteiger partial charge in [-0.05, 0) is 41.3 Å². The van der Waals surface area contributed by atoms with Gasteiger partial charge in [-0.1, -0.05) is 30.3 Å². The molecule has 2 amide bonds. The highest BCUT2D eigenvalue weighted by Gasteiger charge is 2.31. The Morgan fingerprint density at radius 2 is 1.94 bits per heavy atom. The van der Waals surface area contributed by atoms with E-state index in [0.29, 0.717) is 5.75 Å². The van der Waals surface area contributed by atoms with Crippen LogP contribution in [0.4, 0.5) is 10.1 Å². The van der Waals surface area contributed by atoms with E-state index >= 15 is 0 Å². The highest BCUT2D eigenvalue weighted by molar-refractivity contribution is 7.10. The average Bonchev–Trinajstić information content (AvgIpc) is 3.32. The molecule has 0 bridgehead atoms. The van der Waals surface area contributed by atoms with Crippen LogP contribution in [-0.2, 0) is 9.59 Å². The molecule has 2 unspecified atom stereocenters. The Hall–Kier alpha value is -3.39. The predicted molar refractivity (Wildman–Crippen MR) is 118 cm³/mol. The molecule has 160 valence electrons. The minimum atomic E-state index is -0.710. The van der Waals surface area contributed by atoms with Crippen molar-refractivity contribution in [1.82, 2.24) is 10.6 Å². The third-order valence-electron chi connectivity index (χ3n) is 5.07. The van der Waals surface area contributed by atoms with E-state index in [9.17, 15) is 14.0 Å². The van der Waals surface area contributed by atoms with E-state index in [4.69, 9.17) is 4.74 Å². The van der Waals surface area contributed by atoms with Crippen molar-refractivity contribution in [2.75, 3.05) is 25.0 Å². The van der Waals surface area contributed by atoms with Crippen LogP contribution in [0.25, 0.3) is 0 Å². The number of rotatable bonds is 6. The minimum Gasteiger partial charge on any atom is -0.477 e. The van der Waals surface area contributed by atoms with Crippen LogP contribution in [0.5, 0.6) is 5.75 Å². The van der Waals surface area contributed by atoms with Gasteiger partial charge in [0.2, 0.25) is 5.91 Å². The van der Waals surface area contributed by atoms with E-state index in [2.05, 4.69) is 10.6 Å². The molecule has 2 atom stereocenters. The van der Waals surface area contributed by atoms with Crippen LogP contribution in [0.3, 0.4) is 0 Å². The van der Waals surface area contributed by atoms with Crippen LogP contribution in [0.15, 0.2) is 66.0 Å². The second-order valence-electron chi connectivity index (χ2n) is 7.14. The Morgan fingerprint density at radius 1 is 1.16 bits per heavy atom. The second-order valence-corrected chi connectivity index (χ2v) is 8.12. The summed E-state index contributed by atoms with van der Waals surface area (Å²) in [6.07, 6.45) is -0.710. The molecule has 0 saturated heterocycles. The summed E-state index contributed by atoms with van der Waals surface area (Å²) in [6.45, 7) is 0.307. The Labute approximate surface area is 183 Å². The zero-order chi connectivity index (χ0) is 21.8. The van der Waals surface area contributed by atoms with Gasteiger partial charge in [0.05, 0.1) is 24.8 Å². The number of amides is 2.